The Hall–Kier alpha value is -3.09. The Labute approximate surface area is 241 Å². The van der Waals surface area contributed by atoms with Gasteiger partial charge in [0, 0.05) is 25.1 Å². The van der Waals surface area contributed by atoms with E-state index in [1.807, 2.05) is 22.6 Å². The van der Waals surface area contributed by atoms with E-state index in [0.717, 1.165) is 0 Å². The van der Waals surface area contributed by atoms with Gasteiger partial charge in [0.2, 0.25) is 0 Å². The van der Waals surface area contributed by atoms with Gasteiger partial charge in [-0.25, -0.2) is 0 Å². The smallest absolute Gasteiger partial charge is 0.0759 e. The van der Waals surface area contributed by atoms with Gasteiger partial charge in [0.05, 0.1) is 59.8 Å². The topological polar surface area (TPSA) is 9.86 Å². The first-order chi connectivity index (χ1) is 23.4. The molecule has 0 aliphatic rings. The van der Waals surface area contributed by atoms with Crippen molar-refractivity contribution in [1.82, 2.24) is 9.13 Å². The van der Waals surface area contributed by atoms with Crippen LogP contribution in [0.2, 0.25) is 0 Å². The van der Waals surface area contributed by atoms with Crippen LogP contribution in [0.25, 0.3) is 55.0 Å². The third kappa shape index (κ3) is 2.79. The second kappa shape index (κ2) is 7.72. The van der Waals surface area contributed by atoms with Gasteiger partial charge in [-0.05, 0) is 74.8 Å². The molecule has 0 amide bonds. The van der Waals surface area contributed by atoms with Gasteiger partial charge in [0.1, 0.15) is 0 Å². The summed E-state index contributed by atoms with van der Waals surface area (Å²) in [6.07, 6.45) is 0. The van der Waals surface area contributed by atoms with E-state index in [0.29, 0.717) is 3.57 Å². The van der Waals surface area contributed by atoms with Crippen LogP contribution in [0.5, 0.6) is 0 Å². The van der Waals surface area contributed by atoms with Crippen molar-refractivity contribution >= 4 is 82.1 Å². The number of aromatic nitrogens is 2. The molecule has 4 heteroatoms. The molecule has 0 saturated carbocycles. The van der Waals surface area contributed by atoms with Gasteiger partial charge >= 0.3 is 0 Å². The average molecular weight is 629 g/mol. The number of rotatable bonds is 2. The van der Waals surface area contributed by atoms with Crippen LogP contribution in [0.4, 0.5) is 0 Å². The molecular weight excluding hydrogens is 595 g/mol. The molecule has 5 aromatic carbocycles. The van der Waals surface area contributed by atoms with Gasteiger partial charge in [-0.1, -0.05) is 72.5 Å². The van der Waals surface area contributed by atoms with Crippen molar-refractivity contribution in [3.05, 3.63) is 117 Å². The van der Waals surface area contributed by atoms with Crippen molar-refractivity contribution in [3.63, 3.8) is 0 Å². The standard InChI is InChI=1S/C30H18BrIN2/c31-29-28(33-24-13-5-1-9-19(24)20-10-2-6-14-25(20)33)18-17-23(32)30(29)34-26-15-7-3-11-21(26)22-12-4-8-16-27(22)34/h1-18H/i1D,2D,3D,4D,5D,6D,7D,8D,9D,10D,11D,12D,13D,14D,15D,16D. The fraction of sp³-hybridized carbons (Fsp3) is 0. The molecule has 0 N–H and O–H groups in total. The van der Waals surface area contributed by atoms with Crippen LogP contribution in [0.15, 0.2) is 113 Å². The minimum Gasteiger partial charge on any atom is -0.308 e. The third-order valence-electron chi connectivity index (χ3n) is 5.58. The van der Waals surface area contributed by atoms with Gasteiger partial charge in [0.25, 0.3) is 0 Å². The molecule has 0 radical (unpaired) electrons. The van der Waals surface area contributed by atoms with Crippen LogP contribution in [0.3, 0.4) is 0 Å². The first kappa shape index (κ1) is 9.88. The van der Waals surface area contributed by atoms with E-state index >= 15 is 0 Å². The van der Waals surface area contributed by atoms with Crippen LogP contribution in [0, 0.1) is 3.57 Å². The van der Waals surface area contributed by atoms with Gasteiger partial charge in [-0.15, -0.1) is 0 Å². The number of halogens is 2. The van der Waals surface area contributed by atoms with Crippen LogP contribution in [-0.2, 0) is 0 Å². The third-order valence-corrected chi connectivity index (χ3v) is 7.23. The molecule has 0 saturated heterocycles. The summed E-state index contributed by atoms with van der Waals surface area (Å²) in [5, 5.41) is -0.590. The van der Waals surface area contributed by atoms with Crippen LogP contribution < -0.4 is 0 Å². The largest absolute Gasteiger partial charge is 0.308 e. The van der Waals surface area contributed by atoms with E-state index in [1.165, 1.54) is 15.2 Å². The molecule has 2 aromatic heterocycles. The molecule has 0 unspecified atom stereocenters. The molecular formula is C30H18BrIN2. The molecule has 7 aromatic rings. The van der Waals surface area contributed by atoms with Crippen LogP contribution in [-0.4, -0.2) is 9.13 Å². The summed E-state index contributed by atoms with van der Waals surface area (Å²) >= 11 is 5.56. The molecule has 34 heavy (non-hydrogen) atoms. The fourth-order valence-corrected chi connectivity index (χ4v) is 5.98. The van der Waals surface area contributed by atoms with E-state index in [9.17, 15) is 0 Å². The summed E-state index contributed by atoms with van der Waals surface area (Å²) in [7, 11) is 0. The molecule has 7 rings (SSSR count). The van der Waals surface area contributed by atoms with Crippen molar-refractivity contribution in [2.75, 3.05) is 0 Å². The van der Waals surface area contributed by atoms with Crippen molar-refractivity contribution < 1.29 is 21.9 Å². The highest BCUT2D eigenvalue weighted by molar-refractivity contribution is 14.1. The Morgan fingerprint density at radius 1 is 0.559 bits per heavy atom. The number of benzene rings is 5. The van der Waals surface area contributed by atoms with E-state index in [-0.39, 0.29) is 59.5 Å². The summed E-state index contributed by atoms with van der Waals surface area (Å²) in [6, 6.07) is -5.96. The number of para-hydroxylation sites is 4. The Kier molecular flexibility index (Phi) is 2.24. The molecule has 0 spiro atoms. The second-order valence-corrected chi connectivity index (χ2v) is 9.25. The molecule has 0 atom stereocenters. The Morgan fingerprint density at radius 3 is 1.38 bits per heavy atom. The molecule has 2 heterocycles. The Bertz CT molecular complexity index is 2600. The summed E-state index contributed by atoms with van der Waals surface area (Å²) in [6.45, 7) is 0. The lowest BCUT2D eigenvalue weighted by Crippen LogP contribution is -2.03. The van der Waals surface area contributed by atoms with Gasteiger partial charge in [0.15, 0.2) is 0 Å². The number of fused-ring (bicyclic) bond motifs is 6. The number of hydrogen-bond donors (Lipinski definition) is 0. The quantitative estimate of drug-likeness (QED) is 0.169. The molecule has 0 fully saturated rings. The first-order valence-electron chi connectivity index (χ1n) is 17.9. The molecule has 2 nitrogen and oxygen atoms in total. The maximum Gasteiger partial charge on any atom is 0.0759 e. The fourth-order valence-electron chi connectivity index (χ4n) is 4.21. The zero-order valence-electron chi connectivity index (χ0n) is 32.8. The maximum absolute atomic E-state index is 8.92. The maximum atomic E-state index is 8.92. The number of nitrogens with zero attached hydrogens (tertiary/aromatic N) is 2. The molecule has 0 bridgehead atoms. The molecule has 0 aliphatic heterocycles. The minimum atomic E-state index is -0.613. The molecule has 0 aliphatic carbocycles. The lowest BCUT2D eigenvalue weighted by molar-refractivity contribution is 1.11. The molecule has 162 valence electrons. The van der Waals surface area contributed by atoms with Crippen molar-refractivity contribution in [2.24, 2.45) is 0 Å². The Morgan fingerprint density at radius 2 is 0.941 bits per heavy atom. The number of hydrogen-bond acceptors (Lipinski definition) is 0. The average Bonchev–Trinajstić information content (AvgIpc) is 3.63. The lowest BCUT2D eigenvalue weighted by atomic mass is 10.2. The van der Waals surface area contributed by atoms with Crippen molar-refractivity contribution in [1.29, 1.82) is 0 Å². The zero-order chi connectivity index (χ0) is 36.7. The summed E-state index contributed by atoms with van der Waals surface area (Å²) in [5.41, 5.74) is -0.379. The minimum absolute atomic E-state index is 0.104. The van der Waals surface area contributed by atoms with E-state index in [2.05, 4.69) is 15.9 Å². The van der Waals surface area contributed by atoms with Crippen LogP contribution >= 0.6 is 38.5 Å². The Balaban J connectivity index is 1.78. The van der Waals surface area contributed by atoms with E-state index in [1.54, 1.807) is 6.07 Å². The van der Waals surface area contributed by atoms with Gasteiger partial charge in [-0.2, -0.15) is 0 Å². The highest BCUT2D eigenvalue weighted by atomic mass is 127. The highest BCUT2D eigenvalue weighted by Gasteiger charge is 2.20. The normalized spacial score (nSPS) is 18.4. The highest BCUT2D eigenvalue weighted by Crippen LogP contribution is 2.41. The van der Waals surface area contributed by atoms with E-state index in [4.69, 9.17) is 21.9 Å². The second-order valence-electron chi connectivity index (χ2n) is 7.29. The lowest BCUT2D eigenvalue weighted by Gasteiger charge is -2.17. The zero-order valence-corrected chi connectivity index (χ0v) is 20.5. The first-order valence-corrected chi connectivity index (χ1v) is 11.8. The predicted molar refractivity (Wildman–Crippen MR) is 156 cm³/mol. The van der Waals surface area contributed by atoms with E-state index < -0.39 is 96.7 Å². The SMILES string of the molecule is [2H]c1c([2H])c([2H])c2c(c1[2H])c1c([2H])c([2H])c([2H])c([2H])c1n2-c1ccc(I)c(-n2c3c([2H])c([2H])c([2H])c([2H])c3c3c([2H])c([2H])c([2H])c([2H])c32)c1Br. The van der Waals surface area contributed by atoms with Crippen LogP contribution in [0.1, 0.15) is 21.9 Å². The predicted octanol–water partition coefficient (Wildman–Crippen LogP) is 9.25. The summed E-state index contributed by atoms with van der Waals surface area (Å²) in [4.78, 5) is 0. The van der Waals surface area contributed by atoms with Crippen molar-refractivity contribution in [2.45, 2.75) is 0 Å². The summed E-state index contributed by atoms with van der Waals surface area (Å²) < 4.78 is 141. The van der Waals surface area contributed by atoms with Gasteiger partial charge in [-0.3, -0.25) is 0 Å². The summed E-state index contributed by atoms with van der Waals surface area (Å²) in [5.74, 6) is 0. The monoisotopic (exact) mass is 628 g/mol. The van der Waals surface area contributed by atoms with Gasteiger partial charge < -0.3 is 9.13 Å². The van der Waals surface area contributed by atoms with Crippen molar-refractivity contribution in [3.8, 4) is 11.4 Å².